The Hall–Kier alpha value is -1.23. The first-order valence-electron chi connectivity index (χ1n) is 2.72. The minimum atomic E-state index is 1.04. The lowest BCUT2D eigenvalue weighted by atomic mass is 10.4. The summed E-state index contributed by atoms with van der Waals surface area (Å²) in [4.78, 5) is 0. The molecule has 0 aromatic rings. The van der Waals surface area contributed by atoms with Crippen molar-refractivity contribution in [1.29, 1.82) is 5.26 Å². The van der Waals surface area contributed by atoms with Crippen molar-refractivity contribution in [3.63, 3.8) is 0 Å². The summed E-state index contributed by atoms with van der Waals surface area (Å²) in [7, 11) is 1.84. The van der Waals surface area contributed by atoms with Crippen molar-refractivity contribution in [2.45, 2.75) is 6.92 Å². The molecule has 0 aromatic heterocycles. The van der Waals surface area contributed by atoms with E-state index in [1.807, 2.05) is 26.1 Å². The van der Waals surface area contributed by atoms with Gasteiger partial charge in [0.25, 0.3) is 0 Å². The predicted octanol–water partition coefficient (Wildman–Crippen LogP) is 1.19. The van der Waals surface area contributed by atoms with E-state index in [0.29, 0.717) is 0 Å². The van der Waals surface area contributed by atoms with Crippen molar-refractivity contribution in [2.75, 3.05) is 7.05 Å². The van der Waals surface area contributed by atoms with E-state index in [1.54, 1.807) is 6.08 Å². The van der Waals surface area contributed by atoms with E-state index in [0.717, 1.165) is 5.70 Å². The SMILES string of the molecule is CN/C(C)=C/C=C/C#N. The Kier molecular flexibility index (Phi) is 4.25. The molecule has 0 unspecified atom stereocenters. The number of hydrogen-bond acceptors (Lipinski definition) is 2. The van der Waals surface area contributed by atoms with Gasteiger partial charge in [0.15, 0.2) is 0 Å². The molecule has 0 aliphatic rings. The number of nitriles is 1. The van der Waals surface area contributed by atoms with Gasteiger partial charge < -0.3 is 5.32 Å². The fourth-order valence-electron chi connectivity index (χ4n) is 0.319. The molecule has 0 fully saturated rings. The van der Waals surface area contributed by atoms with Crippen molar-refractivity contribution in [3.8, 4) is 6.07 Å². The zero-order valence-electron chi connectivity index (χ0n) is 5.68. The first kappa shape index (κ1) is 7.77. The molecule has 9 heavy (non-hydrogen) atoms. The van der Waals surface area contributed by atoms with E-state index in [4.69, 9.17) is 5.26 Å². The van der Waals surface area contributed by atoms with Crippen molar-refractivity contribution in [2.24, 2.45) is 0 Å². The van der Waals surface area contributed by atoms with Crippen LogP contribution in [-0.4, -0.2) is 7.05 Å². The summed E-state index contributed by atoms with van der Waals surface area (Å²) in [6.07, 6.45) is 4.97. The Morgan fingerprint density at radius 1 is 1.67 bits per heavy atom. The van der Waals surface area contributed by atoms with Gasteiger partial charge >= 0.3 is 0 Å². The second-order valence-electron chi connectivity index (χ2n) is 1.59. The first-order valence-corrected chi connectivity index (χ1v) is 2.72. The molecule has 0 aliphatic carbocycles. The monoisotopic (exact) mass is 122 g/mol. The molecule has 0 saturated carbocycles. The second-order valence-corrected chi connectivity index (χ2v) is 1.59. The van der Waals surface area contributed by atoms with Crippen LogP contribution in [-0.2, 0) is 0 Å². The average Bonchev–Trinajstić information content (AvgIpc) is 1.89. The lowest BCUT2D eigenvalue weighted by molar-refractivity contribution is 0.990. The van der Waals surface area contributed by atoms with Gasteiger partial charge in [-0.05, 0) is 13.0 Å². The third-order valence-corrected chi connectivity index (χ3v) is 0.911. The van der Waals surface area contributed by atoms with E-state index in [-0.39, 0.29) is 0 Å². The number of nitrogens with zero attached hydrogens (tertiary/aromatic N) is 1. The van der Waals surface area contributed by atoms with Crippen LogP contribution in [0.15, 0.2) is 23.9 Å². The number of nitrogens with one attached hydrogen (secondary N) is 1. The minimum absolute atomic E-state index is 1.04. The van der Waals surface area contributed by atoms with Gasteiger partial charge in [-0.3, -0.25) is 0 Å². The van der Waals surface area contributed by atoms with Gasteiger partial charge in [-0.15, -0.1) is 0 Å². The maximum absolute atomic E-state index is 8.07. The zero-order chi connectivity index (χ0) is 7.11. The van der Waals surface area contributed by atoms with Gasteiger partial charge in [0.1, 0.15) is 0 Å². The molecular weight excluding hydrogens is 112 g/mol. The van der Waals surface area contributed by atoms with Crippen LogP contribution in [0, 0.1) is 11.3 Å². The van der Waals surface area contributed by atoms with Gasteiger partial charge in [0.2, 0.25) is 0 Å². The Labute approximate surface area is 55.5 Å². The molecule has 0 rings (SSSR count). The third-order valence-electron chi connectivity index (χ3n) is 0.911. The topological polar surface area (TPSA) is 35.8 Å². The molecule has 0 bridgehead atoms. The molecule has 0 aliphatic heterocycles. The van der Waals surface area contributed by atoms with Crippen LogP contribution in [0.25, 0.3) is 0 Å². The highest BCUT2D eigenvalue weighted by Gasteiger charge is 1.73. The maximum atomic E-state index is 8.07. The smallest absolute Gasteiger partial charge is 0.0912 e. The summed E-state index contributed by atoms with van der Waals surface area (Å²) in [5.74, 6) is 0. The summed E-state index contributed by atoms with van der Waals surface area (Å²) in [6.45, 7) is 1.93. The van der Waals surface area contributed by atoms with E-state index < -0.39 is 0 Å². The van der Waals surface area contributed by atoms with Gasteiger partial charge in [0.05, 0.1) is 6.07 Å². The normalized spacial score (nSPS) is 11.4. The van der Waals surface area contributed by atoms with Gasteiger partial charge in [-0.25, -0.2) is 0 Å². The highest BCUT2D eigenvalue weighted by molar-refractivity contribution is 5.14. The Morgan fingerprint density at radius 2 is 2.33 bits per heavy atom. The van der Waals surface area contributed by atoms with Crippen molar-refractivity contribution in [1.82, 2.24) is 5.32 Å². The maximum Gasteiger partial charge on any atom is 0.0912 e. The highest BCUT2D eigenvalue weighted by Crippen LogP contribution is 1.83. The lowest BCUT2D eigenvalue weighted by Crippen LogP contribution is -2.00. The van der Waals surface area contributed by atoms with Crippen molar-refractivity contribution < 1.29 is 0 Å². The summed E-state index contributed by atoms with van der Waals surface area (Å²) in [6, 6.07) is 1.89. The van der Waals surface area contributed by atoms with Crippen LogP contribution in [0.4, 0.5) is 0 Å². The Morgan fingerprint density at radius 3 is 2.78 bits per heavy atom. The van der Waals surface area contributed by atoms with Crippen molar-refractivity contribution >= 4 is 0 Å². The molecule has 0 spiro atoms. The fourth-order valence-corrected chi connectivity index (χ4v) is 0.319. The van der Waals surface area contributed by atoms with Crippen LogP contribution in [0.3, 0.4) is 0 Å². The molecule has 2 nitrogen and oxygen atoms in total. The van der Waals surface area contributed by atoms with Crippen LogP contribution in [0.2, 0.25) is 0 Å². The highest BCUT2D eigenvalue weighted by atomic mass is 14.8. The quantitative estimate of drug-likeness (QED) is 0.441. The summed E-state index contributed by atoms with van der Waals surface area (Å²) in [5, 5.41) is 11.0. The van der Waals surface area contributed by atoms with E-state index >= 15 is 0 Å². The van der Waals surface area contributed by atoms with Gasteiger partial charge in [-0.2, -0.15) is 5.26 Å². The van der Waals surface area contributed by atoms with Crippen LogP contribution in [0.5, 0.6) is 0 Å². The van der Waals surface area contributed by atoms with Gasteiger partial charge in [0, 0.05) is 18.8 Å². The lowest BCUT2D eigenvalue weighted by Gasteiger charge is -1.92. The zero-order valence-corrected chi connectivity index (χ0v) is 5.68. The molecule has 2 heteroatoms. The molecule has 0 amide bonds. The van der Waals surface area contributed by atoms with Gasteiger partial charge in [-0.1, -0.05) is 6.08 Å². The van der Waals surface area contributed by atoms with Crippen LogP contribution < -0.4 is 5.32 Å². The molecule has 0 atom stereocenters. The molecular formula is C7H10N2. The summed E-state index contributed by atoms with van der Waals surface area (Å²) < 4.78 is 0. The minimum Gasteiger partial charge on any atom is -0.392 e. The number of allylic oxidation sites excluding steroid dienone is 4. The standard InChI is InChI=1S/C7H10N2/c1-7(9-2)5-3-4-6-8/h3-5,9H,1-2H3/b4-3+,7-5+. The Balaban J connectivity index is 3.72. The Bertz CT molecular complexity index is 160. The molecule has 48 valence electrons. The van der Waals surface area contributed by atoms with Crippen molar-refractivity contribution in [3.05, 3.63) is 23.9 Å². The molecule has 0 radical (unpaired) electrons. The third kappa shape index (κ3) is 4.63. The first-order chi connectivity index (χ1) is 4.31. The van der Waals surface area contributed by atoms with E-state index in [1.165, 1.54) is 6.08 Å². The van der Waals surface area contributed by atoms with E-state index in [9.17, 15) is 0 Å². The molecule has 0 saturated heterocycles. The number of rotatable bonds is 2. The second kappa shape index (κ2) is 4.92. The fraction of sp³-hybridized carbons (Fsp3) is 0.286. The average molecular weight is 122 g/mol. The largest absolute Gasteiger partial charge is 0.392 e. The predicted molar refractivity (Wildman–Crippen MR) is 37.6 cm³/mol. The molecule has 0 aromatic carbocycles. The molecule has 1 N–H and O–H groups in total. The van der Waals surface area contributed by atoms with Crippen LogP contribution >= 0.6 is 0 Å². The summed E-state index contributed by atoms with van der Waals surface area (Å²) >= 11 is 0. The molecule has 0 heterocycles. The van der Waals surface area contributed by atoms with E-state index in [2.05, 4.69) is 5.32 Å². The van der Waals surface area contributed by atoms with Crippen LogP contribution in [0.1, 0.15) is 6.92 Å². The number of hydrogen-bond donors (Lipinski definition) is 1. The summed E-state index contributed by atoms with van der Waals surface area (Å²) in [5.41, 5.74) is 1.04.